The van der Waals surface area contributed by atoms with Gasteiger partial charge in [0.25, 0.3) is 0 Å². The highest BCUT2D eigenvalue weighted by molar-refractivity contribution is 5.95. The number of hydrogen-bond donors (Lipinski definition) is 4. The van der Waals surface area contributed by atoms with Gasteiger partial charge in [0.1, 0.15) is 17.2 Å². The van der Waals surface area contributed by atoms with Crippen molar-refractivity contribution in [3.63, 3.8) is 0 Å². The van der Waals surface area contributed by atoms with Gasteiger partial charge >= 0.3 is 5.97 Å². The summed E-state index contributed by atoms with van der Waals surface area (Å²) in [6, 6.07) is 15.5. The van der Waals surface area contributed by atoms with Crippen LogP contribution in [0.3, 0.4) is 0 Å². The fourth-order valence-electron chi connectivity index (χ4n) is 2.38. The summed E-state index contributed by atoms with van der Waals surface area (Å²) < 4.78 is 5.26. The predicted octanol–water partition coefficient (Wildman–Crippen LogP) is 3.15. The van der Waals surface area contributed by atoms with E-state index in [0.29, 0.717) is 16.8 Å². The van der Waals surface area contributed by atoms with Crippen LogP contribution in [0.1, 0.15) is 10.4 Å². The lowest BCUT2D eigenvalue weighted by atomic mass is 10.0. The van der Waals surface area contributed by atoms with Crippen molar-refractivity contribution in [2.45, 2.75) is 0 Å². The summed E-state index contributed by atoms with van der Waals surface area (Å²) in [4.78, 5) is 12.4. The minimum atomic E-state index is -0.609. The van der Waals surface area contributed by atoms with E-state index < -0.39 is 5.97 Å². The monoisotopic (exact) mass is 336 g/mol. The number of anilines is 2. The van der Waals surface area contributed by atoms with E-state index >= 15 is 0 Å². The maximum Gasteiger partial charge on any atom is 0.343 e. The van der Waals surface area contributed by atoms with E-state index in [0.717, 1.165) is 0 Å². The highest BCUT2D eigenvalue weighted by atomic mass is 16.5. The molecule has 25 heavy (non-hydrogen) atoms. The molecule has 0 atom stereocenters. The van der Waals surface area contributed by atoms with Crippen LogP contribution in [0.15, 0.2) is 60.7 Å². The van der Waals surface area contributed by atoms with E-state index in [4.69, 9.17) is 16.2 Å². The van der Waals surface area contributed by atoms with Crippen LogP contribution >= 0.6 is 0 Å². The maximum absolute atomic E-state index is 12.4. The summed E-state index contributed by atoms with van der Waals surface area (Å²) in [7, 11) is 0. The van der Waals surface area contributed by atoms with Crippen LogP contribution in [-0.4, -0.2) is 16.2 Å². The quantitative estimate of drug-likeness (QED) is 0.252. The first kappa shape index (κ1) is 16.2. The van der Waals surface area contributed by atoms with E-state index in [1.54, 1.807) is 36.4 Å². The summed E-state index contributed by atoms with van der Waals surface area (Å²) in [6.45, 7) is 0. The number of nitrogens with two attached hydrogens (primary N) is 2. The number of phenolic OH excluding ortho intramolecular Hbond substituents is 2. The van der Waals surface area contributed by atoms with Gasteiger partial charge in [0, 0.05) is 22.9 Å². The first-order valence-corrected chi connectivity index (χ1v) is 7.44. The van der Waals surface area contributed by atoms with Crippen LogP contribution in [0, 0.1) is 0 Å². The van der Waals surface area contributed by atoms with Gasteiger partial charge in [-0.25, -0.2) is 4.79 Å². The number of carbonyl (C=O) groups is 1. The van der Waals surface area contributed by atoms with Crippen LogP contribution in [-0.2, 0) is 0 Å². The van der Waals surface area contributed by atoms with Gasteiger partial charge in [-0.3, -0.25) is 0 Å². The molecule has 0 saturated heterocycles. The van der Waals surface area contributed by atoms with Crippen molar-refractivity contribution in [1.29, 1.82) is 0 Å². The molecule has 6 N–H and O–H groups in total. The van der Waals surface area contributed by atoms with Crippen LogP contribution in [0.25, 0.3) is 11.1 Å². The second-order valence-corrected chi connectivity index (χ2v) is 5.43. The molecule has 6 heteroatoms. The molecule has 0 unspecified atom stereocenters. The van der Waals surface area contributed by atoms with Crippen molar-refractivity contribution in [3.05, 3.63) is 66.2 Å². The number of carbonyl (C=O) groups excluding carboxylic acids is 1. The SMILES string of the molecule is Nc1cc(OC(=O)c2ccc(N)c(-c3ccccc3O)c2)ccc1O. The third-order valence-corrected chi connectivity index (χ3v) is 3.69. The van der Waals surface area contributed by atoms with Crippen LogP contribution in [0.2, 0.25) is 0 Å². The fraction of sp³-hybridized carbons (Fsp3) is 0. The summed E-state index contributed by atoms with van der Waals surface area (Å²) in [6.07, 6.45) is 0. The molecule has 0 aliphatic heterocycles. The third kappa shape index (κ3) is 3.32. The summed E-state index contributed by atoms with van der Waals surface area (Å²) in [5.74, 6) is -0.428. The number of benzene rings is 3. The first-order chi connectivity index (χ1) is 12.0. The van der Waals surface area contributed by atoms with Gasteiger partial charge in [-0.2, -0.15) is 0 Å². The van der Waals surface area contributed by atoms with Crippen molar-refractivity contribution in [3.8, 4) is 28.4 Å². The van der Waals surface area contributed by atoms with Gasteiger partial charge in [0.15, 0.2) is 0 Å². The molecule has 3 rings (SSSR count). The average molecular weight is 336 g/mol. The smallest absolute Gasteiger partial charge is 0.343 e. The molecule has 0 aliphatic carbocycles. The molecule has 3 aromatic carbocycles. The normalized spacial score (nSPS) is 10.4. The first-order valence-electron chi connectivity index (χ1n) is 7.44. The Labute approximate surface area is 143 Å². The van der Waals surface area contributed by atoms with Crippen molar-refractivity contribution in [2.75, 3.05) is 11.5 Å². The molecule has 6 nitrogen and oxygen atoms in total. The van der Waals surface area contributed by atoms with Gasteiger partial charge in [-0.05, 0) is 36.4 Å². The molecule has 0 bridgehead atoms. The molecule has 0 amide bonds. The van der Waals surface area contributed by atoms with Crippen molar-refractivity contribution < 1.29 is 19.7 Å². The molecule has 0 saturated carbocycles. The van der Waals surface area contributed by atoms with E-state index in [1.165, 1.54) is 24.3 Å². The number of rotatable bonds is 3. The lowest BCUT2D eigenvalue weighted by molar-refractivity contribution is 0.0735. The van der Waals surface area contributed by atoms with Gasteiger partial charge in [-0.1, -0.05) is 18.2 Å². The Hall–Kier alpha value is -3.67. The molecule has 0 aromatic heterocycles. The highest BCUT2D eigenvalue weighted by Crippen LogP contribution is 2.34. The Morgan fingerprint density at radius 1 is 0.800 bits per heavy atom. The minimum Gasteiger partial charge on any atom is -0.507 e. The molecule has 126 valence electrons. The maximum atomic E-state index is 12.4. The van der Waals surface area contributed by atoms with Crippen molar-refractivity contribution in [1.82, 2.24) is 0 Å². The van der Waals surface area contributed by atoms with Gasteiger partial charge in [0.2, 0.25) is 0 Å². The number of hydrogen-bond acceptors (Lipinski definition) is 6. The molecular formula is C19H16N2O4. The zero-order valence-corrected chi connectivity index (χ0v) is 13.1. The number of esters is 1. The zero-order chi connectivity index (χ0) is 18.0. The van der Waals surface area contributed by atoms with Crippen LogP contribution in [0.4, 0.5) is 11.4 Å². The molecule has 0 aliphatic rings. The Bertz CT molecular complexity index is 954. The lowest BCUT2D eigenvalue weighted by Gasteiger charge is -2.11. The lowest BCUT2D eigenvalue weighted by Crippen LogP contribution is -2.09. The number of nitrogen functional groups attached to an aromatic ring is 2. The van der Waals surface area contributed by atoms with E-state index in [1.807, 2.05) is 0 Å². The highest BCUT2D eigenvalue weighted by Gasteiger charge is 2.14. The second-order valence-electron chi connectivity index (χ2n) is 5.43. The number of ether oxygens (including phenoxy) is 1. The molecule has 3 aromatic rings. The standard InChI is InChI=1S/C19H16N2O4/c20-15-7-5-11(9-14(15)13-3-1-2-4-17(13)22)19(24)25-12-6-8-18(23)16(21)10-12/h1-10,22-23H,20-21H2. The Balaban J connectivity index is 1.92. The number of para-hydroxylation sites is 1. The molecule has 0 radical (unpaired) electrons. The van der Waals surface area contributed by atoms with Crippen LogP contribution in [0.5, 0.6) is 17.2 Å². The Morgan fingerprint density at radius 3 is 2.28 bits per heavy atom. The number of phenols is 2. The Morgan fingerprint density at radius 2 is 1.56 bits per heavy atom. The molecule has 0 heterocycles. The minimum absolute atomic E-state index is 0.0611. The average Bonchev–Trinajstić information content (AvgIpc) is 2.59. The fourth-order valence-corrected chi connectivity index (χ4v) is 2.38. The second kappa shape index (κ2) is 6.45. The third-order valence-electron chi connectivity index (χ3n) is 3.69. The predicted molar refractivity (Wildman–Crippen MR) is 95.4 cm³/mol. The van der Waals surface area contributed by atoms with Gasteiger partial charge < -0.3 is 26.4 Å². The molecule has 0 spiro atoms. The van der Waals surface area contributed by atoms with Crippen molar-refractivity contribution in [2.24, 2.45) is 0 Å². The van der Waals surface area contributed by atoms with E-state index in [9.17, 15) is 15.0 Å². The topological polar surface area (TPSA) is 119 Å². The van der Waals surface area contributed by atoms with Gasteiger partial charge in [0.05, 0.1) is 11.3 Å². The van der Waals surface area contributed by atoms with E-state index in [-0.39, 0.29) is 28.5 Å². The molecule has 0 fully saturated rings. The Kier molecular flexibility index (Phi) is 4.18. The number of aromatic hydroxyl groups is 2. The van der Waals surface area contributed by atoms with E-state index in [2.05, 4.69) is 0 Å². The van der Waals surface area contributed by atoms with Crippen molar-refractivity contribution >= 4 is 17.3 Å². The molecular weight excluding hydrogens is 320 g/mol. The zero-order valence-electron chi connectivity index (χ0n) is 13.1. The largest absolute Gasteiger partial charge is 0.507 e. The summed E-state index contributed by atoms with van der Waals surface area (Å²) >= 11 is 0. The summed E-state index contributed by atoms with van der Waals surface area (Å²) in [5.41, 5.74) is 13.4. The summed E-state index contributed by atoms with van der Waals surface area (Å²) in [5, 5.41) is 19.4. The van der Waals surface area contributed by atoms with Crippen LogP contribution < -0.4 is 16.2 Å². The van der Waals surface area contributed by atoms with Gasteiger partial charge in [-0.15, -0.1) is 0 Å².